The molecule has 1 aliphatic heterocycles. The number of aryl methyl sites for hydroxylation is 2. The van der Waals surface area contributed by atoms with E-state index in [4.69, 9.17) is 4.52 Å². The molecule has 1 aliphatic carbocycles. The fourth-order valence-corrected chi connectivity index (χ4v) is 4.10. The first-order valence-electron chi connectivity index (χ1n) is 9.71. The number of aromatic nitrogens is 3. The Kier molecular flexibility index (Phi) is 4.27. The smallest absolute Gasteiger partial charge is 0.322 e. The Morgan fingerprint density at radius 1 is 1.11 bits per heavy atom. The van der Waals surface area contributed by atoms with Crippen LogP contribution in [-0.2, 0) is 12.8 Å². The van der Waals surface area contributed by atoms with E-state index in [1.165, 1.54) is 17.5 Å². The van der Waals surface area contributed by atoms with Crippen LogP contribution in [0.2, 0.25) is 0 Å². The summed E-state index contributed by atoms with van der Waals surface area (Å²) in [6.07, 6.45) is 8.53. The maximum atomic E-state index is 12.9. The predicted octanol–water partition coefficient (Wildman–Crippen LogP) is 3.99. The van der Waals surface area contributed by atoms with Gasteiger partial charge in [-0.1, -0.05) is 11.2 Å². The largest absolute Gasteiger partial charge is 0.337 e. The van der Waals surface area contributed by atoms with E-state index in [9.17, 15) is 4.79 Å². The molecule has 0 bridgehead atoms. The van der Waals surface area contributed by atoms with Gasteiger partial charge < -0.3 is 14.7 Å². The van der Waals surface area contributed by atoms with E-state index < -0.39 is 0 Å². The number of nitrogens with zero attached hydrogens (tertiary/aromatic N) is 4. The van der Waals surface area contributed by atoms with E-state index in [1.807, 2.05) is 18.2 Å². The topological polar surface area (TPSA) is 84.2 Å². The van der Waals surface area contributed by atoms with Crippen LogP contribution in [0, 0.1) is 0 Å². The van der Waals surface area contributed by atoms with Gasteiger partial charge in [-0.2, -0.15) is 4.98 Å². The Morgan fingerprint density at radius 2 is 1.96 bits per heavy atom. The molecule has 0 spiro atoms. The summed E-state index contributed by atoms with van der Waals surface area (Å²) in [6.45, 7) is 0.675. The van der Waals surface area contributed by atoms with Crippen LogP contribution in [0.5, 0.6) is 0 Å². The number of hydrogen-bond donors (Lipinski definition) is 1. The zero-order valence-electron chi connectivity index (χ0n) is 15.5. The second kappa shape index (κ2) is 7.07. The molecular formula is C21H21N5O2. The van der Waals surface area contributed by atoms with Crippen LogP contribution in [-0.4, -0.2) is 32.6 Å². The molecule has 0 saturated carbocycles. The van der Waals surface area contributed by atoms with Gasteiger partial charge in [-0.15, -0.1) is 0 Å². The molecule has 28 heavy (non-hydrogen) atoms. The Morgan fingerprint density at radius 3 is 2.86 bits per heavy atom. The maximum Gasteiger partial charge on any atom is 0.322 e. The maximum absolute atomic E-state index is 12.9. The SMILES string of the molecule is O=C(Nc1ccc2c(c1)CCC2)N1CCC[C@H]1c1nc(-c2ccncc2)no1. The minimum absolute atomic E-state index is 0.121. The third-order valence-electron chi connectivity index (χ3n) is 5.53. The van der Waals surface area contributed by atoms with Crippen molar-refractivity contribution in [3.05, 3.63) is 59.7 Å². The van der Waals surface area contributed by atoms with Crippen molar-refractivity contribution >= 4 is 11.7 Å². The number of rotatable bonds is 3. The standard InChI is InChI=1S/C21H21N5O2/c27-21(23-17-7-6-14-3-1-4-16(14)13-17)26-12-2-5-18(26)20-24-19(25-28-20)15-8-10-22-11-9-15/h6-11,13,18H,1-5,12H2,(H,23,27)/t18-/m0/s1. The first kappa shape index (κ1) is 16.9. The molecule has 7 nitrogen and oxygen atoms in total. The first-order chi connectivity index (χ1) is 13.8. The van der Waals surface area contributed by atoms with Gasteiger partial charge in [0.1, 0.15) is 6.04 Å². The van der Waals surface area contributed by atoms with E-state index in [-0.39, 0.29) is 12.1 Å². The zero-order valence-corrected chi connectivity index (χ0v) is 15.5. The van der Waals surface area contributed by atoms with Crippen LogP contribution in [0.1, 0.15) is 42.3 Å². The van der Waals surface area contributed by atoms with Crippen molar-refractivity contribution in [1.82, 2.24) is 20.0 Å². The number of likely N-dealkylation sites (tertiary alicyclic amines) is 1. The molecule has 3 aromatic rings. The number of amides is 2. The normalized spacial score (nSPS) is 18.3. The lowest BCUT2D eigenvalue weighted by molar-refractivity contribution is 0.193. The van der Waals surface area contributed by atoms with Crippen LogP contribution >= 0.6 is 0 Å². The molecule has 2 aromatic heterocycles. The van der Waals surface area contributed by atoms with Crippen molar-refractivity contribution < 1.29 is 9.32 Å². The Bertz CT molecular complexity index is 1000. The number of fused-ring (bicyclic) bond motifs is 1. The minimum atomic E-state index is -0.197. The molecule has 1 aromatic carbocycles. The second-order valence-corrected chi connectivity index (χ2v) is 7.31. The summed E-state index contributed by atoms with van der Waals surface area (Å²) in [7, 11) is 0. The summed E-state index contributed by atoms with van der Waals surface area (Å²) in [4.78, 5) is 23.2. The van der Waals surface area contributed by atoms with Crippen molar-refractivity contribution in [2.75, 3.05) is 11.9 Å². The zero-order chi connectivity index (χ0) is 18.9. The molecule has 0 unspecified atom stereocenters. The first-order valence-corrected chi connectivity index (χ1v) is 9.71. The fourth-order valence-electron chi connectivity index (χ4n) is 4.10. The lowest BCUT2D eigenvalue weighted by Crippen LogP contribution is -2.34. The number of anilines is 1. The molecule has 1 N–H and O–H groups in total. The quantitative estimate of drug-likeness (QED) is 0.748. The lowest BCUT2D eigenvalue weighted by atomic mass is 10.1. The third-order valence-corrected chi connectivity index (χ3v) is 5.53. The van der Waals surface area contributed by atoms with E-state index in [0.29, 0.717) is 18.3 Å². The van der Waals surface area contributed by atoms with Gasteiger partial charge in [0.15, 0.2) is 0 Å². The molecule has 3 heterocycles. The van der Waals surface area contributed by atoms with E-state index in [2.05, 4.69) is 32.6 Å². The highest BCUT2D eigenvalue weighted by Crippen LogP contribution is 2.33. The third kappa shape index (κ3) is 3.13. The van der Waals surface area contributed by atoms with Crippen molar-refractivity contribution in [1.29, 1.82) is 0 Å². The van der Waals surface area contributed by atoms with Gasteiger partial charge in [-0.25, -0.2) is 4.79 Å². The Balaban J connectivity index is 1.33. The highest BCUT2D eigenvalue weighted by molar-refractivity contribution is 5.90. The Hall–Kier alpha value is -3.22. The van der Waals surface area contributed by atoms with Crippen LogP contribution in [0.4, 0.5) is 10.5 Å². The molecular weight excluding hydrogens is 354 g/mol. The molecule has 2 aliphatic rings. The number of carbonyl (C=O) groups is 1. The van der Waals surface area contributed by atoms with Crippen molar-refractivity contribution in [2.24, 2.45) is 0 Å². The molecule has 2 amide bonds. The summed E-state index contributed by atoms with van der Waals surface area (Å²) < 4.78 is 5.49. The molecule has 1 fully saturated rings. The fraction of sp³-hybridized carbons (Fsp3) is 0.333. The highest BCUT2D eigenvalue weighted by atomic mass is 16.5. The van der Waals surface area contributed by atoms with Crippen molar-refractivity contribution in [2.45, 2.75) is 38.1 Å². The van der Waals surface area contributed by atoms with Crippen molar-refractivity contribution in [3.63, 3.8) is 0 Å². The summed E-state index contributed by atoms with van der Waals surface area (Å²) in [5.41, 5.74) is 4.43. The van der Waals surface area contributed by atoms with E-state index in [1.54, 1.807) is 17.3 Å². The second-order valence-electron chi connectivity index (χ2n) is 7.31. The molecule has 0 radical (unpaired) electrons. The minimum Gasteiger partial charge on any atom is -0.337 e. The number of benzene rings is 1. The van der Waals surface area contributed by atoms with Crippen LogP contribution in [0.15, 0.2) is 47.2 Å². The highest BCUT2D eigenvalue weighted by Gasteiger charge is 2.34. The number of pyridine rings is 1. The molecule has 5 rings (SSSR count). The van der Waals surface area contributed by atoms with Gasteiger partial charge in [-0.3, -0.25) is 4.98 Å². The summed E-state index contributed by atoms with van der Waals surface area (Å²) >= 11 is 0. The molecule has 1 saturated heterocycles. The number of carbonyl (C=O) groups excluding carboxylic acids is 1. The lowest BCUT2D eigenvalue weighted by Gasteiger charge is -2.22. The van der Waals surface area contributed by atoms with Crippen LogP contribution in [0.3, 0.4) is 0 Å². The average Bonchev–Trinajstić information content (AvgIpc) is 3.47. The number of nitrogens with one attached hydrogen (secondary N) is 1. The molecule has 7 heteroatoms. The predicted molar refractivity (Wildman–Crippen MR) is 104 cm³/mol. The number of hydrogen-bond acceptors (Lipinski definition) is 5. The van der Waals surface area contributed by atoms with Gasteiger partial charge in [0.2, 0.25) is 11.7 Å². The van der Waals surface area contributed by atoms with Gasteiger partial charge in [0.05, 0.1) is 0 Å². The Labute approximate surface area is 162 Å². The molecule has 142 valence electrons. The van der Waals surface area contributed by atoms with Crippen molar-refractivity contribution in [3.8, 4) is 11.4 Å². The molecule has 1 atom stereocenters. The number of urea groups is 1. The monoisotopic (exact) mass is 375 g/mol. The van der Waals surface area contributed by atoms with Gasteiger partial charge in [-0.05, 0) is 67.5 Å². The van der Waals surface area contributed by atoms with Crippen LogP contribution in [0.25, 0.3) is 11.4 Å². The summed E-state index contributed by atoms with van der Waals surface area (Å²) in [5, 5.41) is 7.12. The van der Waals surface area contributed by atoms with Crippen LogP contribution < -0.4 is 5.32 Å². The summed E-state index contributed by atoms with van der Waals surface area (Å²) in [5.74, 6) is 0.997. The van der Waals surface area contributed by atoms with Gasteiger partial charge >= 0.3 is 6.03 Å². The average molecular weight is 375 g/mol. The van der Waals surface area contributed by atoms with E-state index >= 15 is 0 Å². The van der Waals surface area contributed by atoms with Gasteiger partial charge in [0.25, 0.3) is 0 Å². The van der Waals surface area contributed by atoms with Gasteiger partial charge in [0, 0.05) is 30.2 Å². The summed E-state index contributed by atoms with van der Waals surface area (Å²) in [6, 6.07) is 9.56. The van der Waals surface area contributed by atoms with E-state index in [0.717, 1.165) is 36.9 Å².